The summed E-state index contributed by atoms with van der Waals surface area (Å²) in [4.78, 5) is 25.1. The summed E-state index contributed by atoms with van der Waals surface area (Å²) < 4.78 is 5.74. The highest BCUT2D eigenvalue weighted by Gasteiger charge is 2.54. The molecule has 4 aliphatic rings. The fourth-order valence-electron chi connectivity index (χ4n) is 6.07. The summed E-state index contributed by atoms with van der Waals surface area (Å²) in [6.07, 6.45) is 7.85. The molecule has 152 valence electrons. The normalized spacial score (nSPS) is 31.3. The first-order chi connectivity index (χ1) is 13.5. The van der Waals surface area contributed by atoms with Crippen LogP contribution in [0.4, 0.5) is 0 Å². The topological polar surface area (TPSA) is 67.4 Å². The Kier molecular flexibility index (Phi) is 5.35. The quantitative estimate of drug-likeness (QED) is 0.730. The van der Waals surface area contributed by atoms with Gasteiger partial charge in [-0.2, -0.15) is 0 Å². The Hall–Kier alpha value is -2.04. The summed E-state index contributed by atoms with van der Waals surface area (Å²) in [7, 11) is 0. The van der Waals surface area contributed by atoms with Crippen LogP contribution in [0.1, 0.15) is 70.3 Å². The van der Waals surface area contributed by atoms with Crippen LogP contribution in [0.15, 0.2) is 24.3 Å². The number of rotatable bonds is 6. The van der Waals surface area contributed by atoms with Gasteiger partial charge >= 0.3 is 0 Å². The summed E-state index contributed by atoms with van der Waals surface area (Å²) in [6.45, 7) is 4.18. The van der Waals surface area contributed by atoms with Gasteiger partial charge in [-0.25, -0.2) is 0 Å². The maximum Gasteiger partial charge on any atom is 0.276 e. The van der Waals surface area contributed by atoms with Crippen molar-refractivity contribution in [2.45, 2.75) is 64.7 Å². The van der Waals surface area contributed by atoms with Gasteiger partial charge < -0.3 is 4.74 Å². The van der Waals surface area contributed by atoms with Crippen LogP contribution in [0, 0.1) is 23.2 Å². The standard InChI is InChI=1S/C23H32N2O3/c1-3-15(2)19-6-4-5-7-20(19)28-14-21(26)24-25-22(27)23-11-16-8-17(12-23)10-18(9-16)13-23/h4-7,15-18H,3,8-14H2,1-2H3,(H,24,26)(H,25,27)/t15-,16?,17?,18?,23?/m0/s1. The number of carbonyl (C=O) groups excluding carboxylic acids is 2. The van der Waals surface area contributed by atoms with E-state index in [2.05, 4.69) is 24.7 Å². The molecule has 4 aliphatic carbocycles. The van der Waals surface area contributed by atoms with E-state index in [4.69, 9.17) is 4.74 Å². The van der Waals surface area contributed by atoms with Crippen LogP contribution in [0.25, 0.3) is 0 Å². The lowest BCUT2D eigenvalue weighted by Gasteiger charge is -2.55. The Morgan fingerprint density at radius 2 is 1.68 bits per heavy atom. The molecule has 1 atom stereocenters. The fourth-order valence-corrected chi connectivity index (χ4v) is 6.07. The molecule has 5 rings (SSSR count). The van der Waals surface area contributed by atoms with Gasteiger partial charge in [-0.15, -0.1) is 0 Å². The van der Waals surface area contributed by atoms with Crippen molar-refractivity contribution >= 4 is 11.8 Å². The lowest BCUT2D eigenvalue weighted by atomic mass is 9.49. The predicted molar refractivity (Wildman–Crippen MR) is 108 cm³/mol. The molecule has 1 aromatic carbocycles. The van der Waals surface area contributed by atoms with Crippen LogP contribution in [0.5, 0.6) is 5.75 Å². The summed E-state index contributed by atoms with van der Waals surface area (Å²) >= 11 is 0. The molecule has 0 radical (unpaired) electrons. The second-order valence-electron chi connectivity index (χ2n) is 9.34. The monoisotopic (exact) mass is 384 g/mol. The van der Waals surface area contributed by atoms with E-state index in [0.717, 1.165) is 37.0 Å². The first kappa shape index (κ1) is 19.3. The zero-order valence-corrected chi connectivity index (χ0v) is 17.0. The van der Waals surface area contributed by atoms with Crippen LogP contribution in [-0.4, -0.2) is 18.4 Å². The van der Waals surface area contributed by atoms with Gasteiger partial charge in [0.15, 0.2) is 6.61 Å². The predicted octanol–water partition coefficient (Wildman–Crippen LogP) is 3.94. The van der Waals surface area contributed by atoms with Crippen LogP contribution < -0.4 is 15.6 Å². The Bertz CT molecular complexity index is 710. The van der Waals surface area contributed by atoms with Crippen molar-refractivity contribution in [3.05, 3.63) is 29.8 Å². The molecule has 5 heteroatoms. The van der Waals surface area contributed by atoms with Crippen molar-refractivity contribution in [2.24, 2.45) is 23.2 Å². The van der Waals surface area contributed by atoms with Gasteiger partial charge in [-0.05, 0) is 80.2 Å². The zero-order chi connectivity index (χ0) is 19.7. The molecular formula is C23H32N2O3. The number of nitrogens with one attached hydrogen (secondary N) is 2. The number of ether oxygens (including phenoxy) is 1. The van der Waals surface area contributed by atoms with E-state index in [9.17, 15) is 9.59 Å². The molecule has 0 aliphatic heterocycles. The lowest BCUT2D eigenvalue weighted by molar-refractivity contribution is -0.149. The maximum absolute atomic E-state index is 12.9. The Labute approximate surface area is 167 Å². The van der Waals surface area contributed by atoms with Crippen molar-refractivity contribution < 1.29 is 14.3 Å². The third-order valence-electron chi connectivity index (χ3n) is 7.26. The second kappa shape index (κ2) is 7.76. The first-order valence-corrected chi connectivity index (χ1v) is 10.8. The smallest absolute Gasteiger partial charge is 0.276 e. The molecule has 4 saturated carbocycles. The van der Waals surface area contributed by atoms with Crippen molar-refractivity contribution in [1.29, 1.82) is 0 Å². The molecule has 2 N–H and O–H groups in total. The number of hydrogen-bond acceptors (Lipinski definition) is 3. The van der Waals surface area contributed by atoms with Crippen LogP contribution in [-0.2, 0) is 9.59 Å². The maximum atomic E-state index is 12.9. The summed E-state index contributed by atoms with van der Waals surface area (Å²) in [5.41, 5.74) is 6.13. The minimum absolute atomic E-state index is 0.0000413. The van der Waals surface area contributed by atoms with Gasteiger partial charge in [0.2, 0.25) is 5.91 Å². The number of carbonyl (C=O) groups is 2. The van der Waals surface area contributed by atoms with E-state index in [1.54, 1.807) is 0 Å². The van der Waals surface area contributed by atoms with Gasteiger partial charge in [0.05, 0.1) is 5.41 Å². The summed E-state index contributed by atoms with van der Waals surface area (Å²) in [5, 5.41) is 0. The van der Waals surface area contributed by atoms with Gasteiger partial charge in [0.25, 0.3) is 5.91 Å². The average molecular weight is 385 g/mol. The molecule has 0 unspecified atom stereocenters. The Morgan fingerprint density at radius 3 is 2.29 bits per heavy atom. The molecule has 2 amide bonds. The molecule has 0 heterocycles. The van der Waals surface area contributed by atoms with Crippen molar-refractivity contribution in [2.75, 3.05) is 6.61 Å². The van der Waals surface area contributed by atoms with E-state index in [0.29, 0.717) is 23.7 Å². The summed E-state index contributed by atoms with van der Waals surface area (Å²) in [6, 6.07) is 7.83. The molecule has 1 aromatic rings. The zero-order valence-electron chi connectivity index (χ0n) is 17.0. The highest BCUT2D eigenvalue weighted by molar-refractivity contribution is 5.86. The SMILES string of the molecule is CC[C@H](C)c1ccccc1OCC(=O)NNC(=O)C12CC3CC(CC(C3)C1)C2. The minimum atomic E-state index is -0.322. The molecule has 28 heavy (non-hydrogen) atoms. The number of benzene rings is 1. The molecule has 5 nitrogen and oxygen atoms in total. The molecule has 4 fully saturated rings. The van der Waals surface area contributed by atoms with Crippen LogP contribution in [0.3, 0.4) is 0 Å². The number of hydrogen-bond donors (Lipinski definition) is 2. The van der Waals surface area contributed by atoms with Crippen molar-refractivity contribution in [1.82, 2.24) is 10.9 Å². The Balaban J connectivity index is 1.29. The molecule has 0 aromatic heterocycles. The molecule has 0 saturated heterocycles. The second-order valence-corrected chi connectivity index (χ2v) is 9.34. The average Bonchev–Trinajstić information content (AvgIpc) is 2.69. The first-order valence-electron chi connectivity index (χ1n) is 10.8. The summed E-state index contributed by atoms with van der Waals surface area (Å²) in [5.74, 6) is 2.89. The van der Waals surface area contributed by atoms with E-state index < -0.39 is 0 Å². The molecule has 0 spiro atoms. The number of para-hydroxylation sites is 1. The largest absolute Gasteiger partial charge is 0.483 e. The fraction of sp³-hybridized carbons (Fsp3) is 0.652. The molecule has 4 bridgehead atoms. The van der Waals surface area contributed by atoms with E-state index in [-0.39, 0.29) is 23.8 Å². The van der Waals surface area contributed by atoms with Crippen molar-refractivity contribution in [3.8, 4) is 5.75 Å². The third-order valence-corrected chi connectivity index (χ3v) is 7.26. The van der Waals surface area contributed by atoms with Gasteiger partial charge in [-0.1, -0.05) is 32.0 Å². The number of amides is 2. The Morgan fingerprint density at radius 1 is 1.07 bits per heavy atom. The highest BCUT2D eigenvalue weighted by atomic mass is 16.5. The van der Waals surface area contributed by atoms with Gasteiger partial charge in [-0.3, -0.25) is 20.4 Å². The van der Waals surface area contributed by atoms with Gasteiger partial charge in [0.1, 0.15) is 5.75 Å². The van der Waals surface area contributed by atoms with E-state index >= 15 is 0 Å². The van der Waals surface area contributed by atoms with Crippen LogP contribution >= 0.6 is 0 Å². The van der Waals surface area contributed by atoms with E-state index in [1.807, 2.05) is 24.3 Å². The van der Waals surface area contributed by atoms with Gasteiger partial charge in [0, 0.05) is 0 Å². The minimum Gasteiger partial charge on any atom is -0.483 e. The lowest BCUT2D eigenvalue weighted by Crippen LogP contribution is -2.57. The number of hydrazine groups is 1. The van der Waals surface area contributed by atoms with Crippen molar-refractivity contribution in [3.63, 3.8) is 0 Å². The van der Waals surface area contributed by atoms with Crippen LogP contribution in [0.2, 0.25) is 0 Å². The highest BCUT2D eigenvalue weighted by Crippen LogP contribution is 2.60. The molecular weight excluding hydrogens is 352 g/mol. The third kappa shape index (κ3) is 3.76. The van der Waals surface area contributed by atoms with E-state index in [1.165, 1.54) is 19.3 Å².